The Morgan fingerprint density at radius 2 is 1.88 bits per heavy atom. The van der Waals surface area contributed by atoms with Crippen LogP contribution in [0, 0.1) is 0 Å². The van der Waals surface area contributed by atoms with Gasteiger partial charge in [-0.1, -0.05) is 0 Å². The van der Waals surface area contributed by atoms with E-state index in [2.05, 4.69) is 0 Å². The Balaban J connectivity index is 2.32. The number of hydrogen-bond acceptors (Lipinski definition) is 4. The molecule has 5 nitrogen and oxygen atoms in total. The van der Waals surface area contributed by atoms with Crippen LogP contribution in [-0.2, 0) is 9.59 Å². The van der Waals surface area contributed by atoms with Crippen molar-refractivity contribution < 1.29 is 14.4 Å². The summed E-state index contributed by atoms with van der Waals surface area (Å²) in [5.41, 5.74) is 6.50. The molecule has 17 heavy (non-hydrogen) atoms. The summed E-state index contributed by atoms with van der Waals surface area (Å²) in [6.45, 7) is 1.46. The number of hydrogen-bond donors (Lipinski definition) is 1. The van der Waals surface area contributed by atoms with Crippen LogP contribution < -0.4 is 10.6 Å². The molecule has 1 aromatic rings. The molecule has 1 fully saturated rings. The molecule has 0 radical (unpaired) electrons. The van der Waals surface area contributed by atoms with Crippen LogP contribution in [-0.4, -0.2) is 23.6 Å². The van der Waals surface area contributed by atoms with Crippen molar-refractivity contribution in [2.45, 2.75) is 19.4 Å². The van der Waals surface area contributed by atoms with Crippen molar-refractivity contribution >= 4 is 23.3 Å². The van der Waals surface area contributed by atoms with Crippen molar-refractivity contribution in [3.05, 3.63) is 29.8 Å². The van der Waals surface area contributed by atoms with E-state index in [0.29, 0.717) is 11.3 Å². The molecule has 1 atom stereocenters. The molecule has 0 saturated carbocycles. The molecule has 0 bridgehead atoms. The van der Waals surface area contributed by atoms with Crippen LogP contribution in [0.4, 0.5) is 5.69 Å². The van der Waals surface area contributed by atoms with Gasteiger partial charge in [0.25, 0.3) is 5.91 Å². The number of rotatable bonds is 2. The van der Waals surface area contributed by atoms with Gasteiger partial charge in [0.1, 0.15) is 0 Å². The minimum Gasteiger partial charge on any atom is -0.319 e. The second-order valence-corrected chi connectivity index (χ2v) is 3.98. The molecule has 1 unspecified atom stereocenters. The lowest BCUT2D eigenvalue weighted by atomic mass is 10.1. The number of benzene rings is 1. The highest BCUT2D eigenvalue weighted by Crippen LogP contribution is 2.22. The van der Waals surface area contributed by atoms with Crippen LogP contribution in [0.5, 0.6) is 0 Å². The highest BCUT2D eigenvalue weighted by Gasteiger charge is 2.37. The third kappa shape index (κ3) is 1.97. The number of ketones is 1. The molecule has 1 aliphatic heterocycles. The van der Waals surface area contributed by atoms with Gasteiger partial charge in [0.15, 0.2) is 5.78 Å². The fourth-order valence-electron chi connectivity index (χ4n) is 1.77. The van der Waals surface area contributed by atoms with Gasteiger partial charge in [-0.25, -0.2) is 4.90 Å². The molecular weight excluding hydrogens is 220 g/mol. The normalized spacial score (nSPS) is 19.9. The van der Waals surface area contributed by atoms with Crippen molar-refractivity contribution in [1.82, 2.24) is 0 Å². The summed E-state index contributed by atoms with van der Waals surface area (Å²) < 4.78 is 0. The van der Waals surface area contributed by atoms with E-state index in [-0.39, 0.29) is 18.1 Å². The van der Waals surface area contributed by atoms with E-state index >= 15 is 0 Å². The van der Waals surface area contributed by atoms with Gasteiger partial charge in [-0.05, 0) is 31.2 Å². The molecule has 1 heterocycles. The van der Waals surface area contributed by atoms with Crippen molar-refractivity contribution in [3.63, 3.8) is 0 Å². The summed E-state index contributed by atoms with van der Waals surface area (Å²) in [5, 5.41) is 0. The number of amides is 2. The number of carbonyl (C=O) groups is 3. The largest absolute Gasteiger partial charge is 0.319 e. The van der Waals surface area contributed by atoms with Gasteiger partial charge in [-0.3, -0.25) is 14.4 Å². The van der Waals surface area contributed by atoms with E-state index in [4.69, 9.17) is 5.73 Å². The van der Waals surface area contributed by atoms with E-state index in [1.807, 2.05) is 0 Å². The molecule has 1 saturated heterocycles. The standard InChI is InChI=1S/C12H12N2O3/c1-7(15)8-2-4-9(5-3-8)14-11(16)6-10(13)12(14)17/h2-5,10H,6,13H2,1H3. The fraction of sp³-hybridized carbons (Fsp3) is 0.250. The Bertz CT molecular complexity index is 493. The number of nitrogens with two attached hydrogens (primary N) is 1. The summed E-state index contributed by atoms with van der Waals surface area (Å²) in [7, 11) is 0. The summed E-state index contributed by atoms with van der Waals surface area (Å²) in [5.74, 6) is -0.768. The maximum Gasteiger partial charge on any atom is 0.251 e. The van der Waals surface area contributed by atoms with Crippen LogP contribution in [0.25, 0.3) is 0 Å². The van der Waals surface area contributed by atoms with Crippen LogP contribution in [0.15, 0.2) is 24.3 Å². The smallest absolute Gasteiger partial charge is 0.251 e. The molecule has 1 aliphatic rings. The lowest BCUT2D eigenvalue weighted by molar-refractivity contribution is -0.121. The lowest BCUT2D eigenvalue weighted by Gasteiger charge is -2.14. The highest BCUT2D eigenvalue weighted by atomic mass is 16.2. The summed E-state index contributed by atoms with van der Waals surface area (Å²) in [6.07, 6.45) is 0.0350. The first-order chi connectivity index (χ1) is 8.00. The fourth-order valence-corrected chi connectivity index (χ4v) is 1.77. The second kappa shape index (κ2) is 4.10. The quantitative estimate of drug-likeness (QED) is 0.594. The average molecular weight is 232 g/mol. The molecule has 1 aromatic carbocycles. The molecule has 0 aliphatic carbocycles. The highest BCUT2D eigenvalue weighted by molar-refractivity contribution is 6.22. The first kappa shape index (κ1) is 11.5. The zero-order valence-corrected chi connectivity index (χ0v) is 9.34. The molecule has 0 aromatic heterocycles. The number of imide groups is 1. The van der Waals surface area contributed by atoms with Gasteiger partial charge in [0.2, 0.25) is 5.91 Å². The minimum absolute atomic E-state index is 0.0350. The number of Topliss-reactive ketones (excluding diaryl/α,β-unsaturated/α-hetero) is 1. The van der Waals surface area contributed by atoms with Crippen molar-refractivity contribution in [3.8, 4) is 0 Å². The molecule has 0 spiro atoms. The van der Waals surface area contributed by atoms with Crippen LogP contribution in [0.3, 0.4) is 0 Å². The van der Waals surface area contributed by atoms with Crippen LogP contribution >= 0.6 is 0 Å². The van der Waals surface area contributed by atoms with Gasteiger partial charge in [-0.15, -0.1) is 0 Å². The number of carbonyl (C=O) groups excluding carboxylic acids is 3. The predicted octanol–water partition coefficient (Wildman–Crippen LogP) is 0.480. The molecular formula is C12H12N2O3. The third-order valence-corrected chi connectivity index (χ3v) is 2.71. The zero-order valence-electron chi connectivity index (χ0n) is 9.34. The van der Waals surface area contributed by atoms with Crippen LogP contribution in [0.2, 0.25) is 0 Å². The molecule has 88 valence electrons. The topological polar surface area (TPSA) is 80.5 Å². The van der Waals surface area contributed by atoms with Crippen molar-refractivity contribution in [1.29, 1.82) is 0 Å². The Morgan fingerprint density at radius 1 is 1.29 bits per heavy atom. The first-order valence-corrected chi connectivity index (χ1v) is 5.24. The molecule has 2 rings (SSSR count). The Labute approximate surface area is 98.2 Å². The molecule has 2 amide bonds. The van der Waals surface area contributed by atoms with Gasteiger partial charge < -0.3 is 5.73 Å². The first-order valence-electron chi connectivity index (χ1n) is 5.24. The Morgan fingerprint density at radius 3 is 2.29 bits per heavy atom. The predicted molar refractivity (Wildman–Crippen MR) is 61.5 cm³/mol. The minimum atomic E-state index is -0.755. The van der Waals surface area contributed by atoms with Crippen molar-refractivity contribution in [2.75, 3.05) is 4.90 Å². The van der Waals surface area contributed by atoms with E-state index in [0.717, 1.165) is 4.90 Å². The number of nitrogens with zero attached hydrogens (tertiary/aromatic N) is 1. The molecule has 5 heteroatoms. The summed E-state index contributed by atoms with van der Waals surface area (Å²) in [4.78, 5) is 35.4. The summed E-state index contributed by atoms with van der Waals surface area (Å²) in [6, 6.07) is 5.56. The second-order valence-electron chi connectivity index (χ2n) is 3.98. The van der Waals surface area contributed by atoms with E-state index in [1.54, 1.807) is 24.3 Å². The SMILES string of the molecule is CC(=O)c1ccc(N2C(=O)CC(N)C2=O)cc1. The van der Waals surface area contributed by atoms with E-state index < -0.39 is 11.9 Å². The third-order valence-electron chi connectivity index (χ3n) is 2.71. The van der Waals surface area contributed by atoms with Gasteiger partial charge in [0, 0.05) is 5.56 Å². The van der Waals surface area contributed by atoms with Gasteiger partial charge in [0.05, 0.1) is 18.2 Å². The number of anilines is 1. The average Bonchev–Trinajstić information content (AvgIpc) is 2.53. The van der Waals surface area contributed by atoms with Gasteiger partial charge in [-0.2, -0.15) is 0 Å². The molecule has 2 N–H and O–H groups in total. The van der Waals surface area contributed by atoms with E-state index in [9.17, 15) is 14.4 Å². The maximum absolute atomic E-state index is 11.6. The monoisotopic (exact) mass is 232 g/mol. The zero-order chi connectivity index (χ0) is 12.6. The Kier molecular flexibility index (Phi) is 2.77. The van der Waals surface area contributed by atoms with Gasteiger partial charge >= 0.3 is 0 Å². The van der Waals surface area contributed by atoms with Crippen molar-refractivity contribution in [2.24, 2.45) is 5.73 Å². The summed E-state index contributed by atoms with van der Waals surface area (Å²) >= 11 is 0. The van der Waals surface area contributed by atoms with E-state index in [1.165, 1.54) is 6.92 Å². The maximum atomic E-state index is 11.6. The lowest BCUT2D eigenvalue weighted by Crippen LogP contribution is -2.35. The Hall–Kier alpha value is -2.01. The van der Waals surface area contributed by atoms with Crippen LogP contribution in [0.1, 0.15) is 23.7 Å².